The predicted molar refractivity (Wildman–Crippen MR) is 148 cm³/mol. The number of epoxide rings is 2. The summed E-state index contributed by atoms with van der Waals surface area (Å²) in [7, 11) is 0. The highest BCUT2D eigenvalue weighted by Gasteiger charge is 2.45. The number of hydrogen-bond acceptors (Lipinski definition) is 6. The van der Waals surface area contributed by atoms with E-state index >= 15 is 0 Å². The minimum absolute atomic E-state index is 0.0253. The van der Waals surface area contributed by atoms with Gasteiger partial charge in [0.2, 0.25) is 0 Å². The first kappa shape index (κ1) is 29.8. The highest BCUT2D eigenvalue weighted by molar-refractivity contribution is 5.72. The summed E-state index contributed by atoms with van der Waals surface area (Å²) in [5, 5.41) is 0. The molecule has 4 aliphatic rings. The van der Waals surface area contributed by atoms with Crippen molar-refractivity contribution in [2.75, 3.05) is 13.2 Å². The van der Waals surface area contributed by atoms with Crippen LogP contribution in [0, 0.1) is 35.0 Å². The van der Waals surface area contributed by atoms with Crippen molar-refractivity contribution in [3.63, 3.8) is 0 Å². The third-order valence-corrected chi connectivity index (χ3v) is 10.1. The van der Waals surface area contributed by atoms with Crippen LogP contribution in [0.25, 0.3) is 0 Å². The van der Waals surface area contributed by atoms with E-state index in [0.717, 1.165) is 77.0 Å². The Labute approximate surface area is 231 Å². The van der Waals surface area contributed by atoms with Crippen LogP contribution in [0.1, 0.15) is 118 Å². The first-order valence-corrected chi connectivity index (χ1v) is 15.8. The smallest absolute Gasteiger partial charge is 0.308 e. The maximum atomic E-state index is 13.2. The SMILES string of the molecule is CCCC(C)(CC(=O)OCC1CCC2OC2C1)C(C)CCC(CCC(C)C)C(=O)OCC1CCC2OC2C1. The molecule has 2 heterocycles. The number of carbonyl (C=O) groups is 2. The van der Waals surface area contributed by atoms with E-state index in [1.807, 2.05) is 0 Å². The van der Waals surface area contributed by atoms with Crippen LogP contribution in [0.15, 0.2) is 0 Å². The lowest BCUT2D eigenvalue weighted by Gasteiger charge is -2.36. The van der Waals surface area contributed by atoms with E-state index in [1.165, 1.54) is 0 Å². The summed E-state index contributed by atoms with van der Waals surface area (Å²) in [5.41, 5.74) is -0.126. The Morgan fingerprint density at radius 3 is 1.95 bits per heavy atom. The highest BCUT2D eigenvalue weighted by atomic mass is 16.6. The average Bonchev–Trinajstić information content (AvgIpc) is 3.80. The van der Waals surface area contributed by atoms with Gasteiger partial charge in [-0.3, -0.25) is 9.59 Å². The van der Waals surface area contributed by atoms with Gasteiger partial charge in [0, 0.05) is 0 Å². The Balaban J connectivity index is 1.24. The molecule has 0 aromatic carbocycles. The van der Waals surface area contributed by atoms with Crippen molar-refractivity contribution >= 4 is 11.9 Å². The monoisotopic (exact) mass is 534 g/mol. The van der Waals surface area contributed by atoms with Crippen molar-refractivity contribution < 1.29 is 28.5 Å². The van der Waals surface area contributed by atoms with Gasteiger partial charge in [-0.25, -0.2) is 0 Å². The highest BCUT2D eigenvalue weighted by Crippen LogP contribution is 2.42. The molecular formula is C32H54O6. The molecule has 0 aromatic rings. The zero-order valence-corrected chi connectivity index (χ0v) is 24.8. The van der Waals surface area contributed by atoms with Crippen LogP contribution in [0.2, 0.25) is 0 Å². The quantitative estimate of drug-likeness (QED) is 0.159. The van der Waals surface area contributed by atoms with Crippen molar-refractivity contribution in [1.29, 1.82) is 0 Å². The summed E-state index contributed by atoms with van der Waals surface area (Å²) < 4.78 is 23.0. The van der Waals surface area contributed by atoms with Crippen LogP contribution in [0.3, 0.4) is 0 Å². The normalized spacial score (nSPS) is 32.9. The predicted octanol–water partition coefficient (Wildman–Crippen LogP) is 6.87. The van der Waals surface area contributed by atoms with E-state index in [9.17, 15) is 9.59 Å². The molecule has 2 aliphatic carbocycles. The Morgan fingerprint density at radius 1 is 0.816 bits per heavy atom. The fourth-order valence-electron chi connectivity index (χ4n) is 6.98. The number of fused-ring (bicyclic) bond motifs is 2. The lowest BCUT2D eigenvalue weighted by atomic mass is 9.70. The minimum Gasteiger partial charge on any atom is -0.465 e. The molecule has 6 nitrogen and oxygen atoms in total. The zero-order chi connectivity index (χ0) is 27.3. The third-order valence-electron chi connectivity index (χ3n) is 10.1. The summed E-state index contributed by atoms with van der Waals surface area (Å²) in [6, 6.07) is 0. The Kier molecular flexibility index (Phi) is 10.6. The van der Waals surface area contributed by atoms with Crippen molar-refractivity contribution in [2.24, 2.45) is 35.0 Å². The molecule has 0 bridgehead atoms. The lowest BCUT2D eigenvalue weighted by molar-refractivity contribution is -0.152. The van der Waals surface area contributed by atoms with E-state index in [2.05, 4.69) is 34.6 Å². The molecule has 0 spiro atoms. The summed E-state index contributed by atoms with van der Waals surface area (Å²) in [5.74, 6) is 1.61. The van der Waals surface area contributed by atoms with E-state index < -0.39 is 0 Å². The number of rotatable bonds is 16. The fourth-order valence-corrected chi connectivity index (χ4v) is 6.98. The van der Waals surface area contributed by atoms with Crippen LogP contribution >= 0.6 is 0 Å². The molecule has 2 saturated heterocycles. The molecule has 0 N–H and O–H groups in total. The fraction of sp³-hybridized carbons (Fsp3) is 0.938. The van der Waals surface area contributed by atoms with Crippen LogP contribution in [0.4, 0.5) is 0 Å². The molecule has 2 saturated carbocycles. The molecule has 6 heteroatoms. The van der Waals surface area contributed by atoms with Crippen molar-refractivity contribution in [1.82, 2.24) is 0 Å². The molecule has 0 radical (unpaired) electrons. The molecule has 0 amide bonds. The third kappa shape index (κ3) is 8.68. The molecule has 9 unspecified atom stereocenters. The molecular weight excluding hydrogens is 480 g/mol. The largest absolute Gasteiger partial charge is 0.465 e. The lowest BCUT2D eigenvalue weighted by Crippen LogP contribution is -2.31. The Bertz CT molecular complexity index is 782. The number of ether oxygens (including phenoxy) is 4. The van der Waals surface area contributed by atoms with Crippen molar-refractivity contribution in [2.45, 2.75) is 143 Å². The van der Waals surface area contributed by atoms with Gasteiger partial charge >= 0.3 is 11.9 Å². The summed E-state index contributed by atoms with van der Waals surface area (Å²) in [6.07, 6.45) is 14.4. The standard InChI is InChI=1S/C32H54O6/c1-6-15-32(5,18-30(33)35-19-23-9-13-26-28(16-23)37-26)22(4)8-12-25(11-7-21(2)3)31(34)36-20-24-10-14-27-29(17-24)38-27/h21-29H,6-20H2,1-5H3. The number of carbonyl (C=O) groups excluding carboxylic acids is 2. The second kappa shape index (κ2) is 13.5. The first-order chi connectivity index (χ1) is 18.2. The Morgan fingerprint density at radius 2 is 1.39 bits per heavy atom. The molecule has 218 valence electrons. The molecule has 4 rings (SSSR count). The van der Waals surface area contributed by atoms with Crippen LogP contribution < -0.4 is 0 Å². The van der Waals surface area contributed by atoms with Gasteiger partial charge < -0.3 is 18.9 Å². The minimum atomic E-state index is -0.126. The van der Waals surface area contributed by atoms with E-state index in [0.29, 0.717) is 67.7 Å². The van der Waals surface area contributed by atoms with Gasteiger partial charge in [-0.15, -0.1) is 0 Å². The van der Waals surface area contributed by atoms with Gasteiger partial charge in [-0.05, 0) is 93.3 Å². The molecule has 0 aromatic heterocycles. The van der Waals surface area contributed by atoms with Gasteiger partial charge in [-0.2, -0.15) is 0 Å². The maximum absolute atomic E-state index is 13.2. The number of hydrogen-bond donors (Lipinski definition) is 0. The summed E-state index contributed by atoms with van der Waals surface area (Å²) in [4.78, 5) is 26.1. The van der Waals surface area contributed by atoms with Gasteiger partial charge in [0.15, 0.2) is 0 Å². The molecule has 4 fully saturated rings. The van der Waals surface area contributed by atoms with Gasteiger partial charge in [-0.1, -0.05) is 47.5 Å². The van der Waals surface area contributed by atoms with Gasteiger partial charge in [0.1, 0.15) is 0 Å². The van der Waals surface area contributed by atoms with Crippen LogP contribution in [-0.4, -0.2) is 49.6 Å². The summed E-state index contributed by atoms with van der Waals surface area (Å²) in [6.45, 7) is 12.2. The zero-order valence-electron chi connectivity index (χ0n) is 24.8. The van der Waals surface area contributed by atoms with Gasteiger partial charge in [0.05, 0.1) is 50.0 Å². The molecule has 38 heavy (non-hydrogen) atoms. The van der Waals surface area contributed by atoms with Crippen LogP contribution in [0.5, 0.6) is 0 Å². The van der Waals surface area contributed by atoms with Crippen molar-refractivity contribution in [3.8, 4) is 0 Å². The number of esters is 2. The Hall–Kier alpha value is -1.14. The van der Waals surface area contributed by atoms with Gasteiger partial charge in [0.25, 0.3) is 0 Å². The summed E-state index contributed by atoms with van der Waals surface area (Å²) >= 11 is 0. The van der Waals surface area contributed by atoms with E-state index in [-0.39, 0.29) is 23.3 Å². The topological polar surface area (TPSA) is 77.7 Å². The van der Waals surface area contributed by atoms with E-state index in [1.54, 1.807) is 0 Å². The van der Waals surface area contributed by atoms with Crippen LogP contribution in [-0.2, 0) is 28.5 Å². The first-order valence-electron chi connectivity index (χ1n) is 15.8. The average molecular weight is 535 g/mol. The van der Waals surface area contributed by atoms with E-state index in [4.69, 9.17) is 18.9 Å². The molecule has 9 atom stereocenters. The maximum Gasteiger partial charge on any atom is 0.308 e. The van der Waals surface area contributed by atoms with Crippen molar-refractivity contribution in [3.05, 3.63) is 0 Å². The molecule has 2 aliphatic heterocycles. The second-order valence-corrected chi connectivity index (χ2v) is 13.8. The second-order valence-electron chi connectivity index (χ2n) is 13.8.